The number of pyridine rings is 1. The summed E-state index contributed by atoms with van der Waals surface area (Å²) in [4.78, 5) is 16.5. The summed E-state index contributed by atoms with van der Waals surface area (Å²) in [6, 6.07) is 3.35. The largest absolute Gasteiger partial charge is 0.335 e. The zero-order valence-electron chi connectivity index (χ0n) is 13.4. The molecule has 2 amide bonds. The van der Waals surface area contributed by atoms with Gasteiger partial charge in [-0.3, -0.25) is 5.32 Å². The molecule has 2 N–H and O–H groups in total. The van der Waals surface area contributed by atoms with Crippen molar-refractivity contribution in [3.8, 4) is 5.82 Å². The van der Waals surface area contributed by atoms with Gasteiger partial charge in [0.1, 0.15) is 5.82 Å². The number of urea groups is 1. The number of aryl methyl sites for hydroxylation is 1. The van der Waals surface area contributed by atoms with Gasteiger partial charge in [-0.15, -0.1) is 0 Å². The van der Waals surface area contributed by atoms with Crippen LogP contribution in [0.5, 0.6) is 0 Å². The molecule has 1 fully saturated rings. The topological polar surface area (TPSA) is 71.8 Å². The molecule has 2 heterocycles. The fourth-order valence-electron chi connectivity index (χ4n) is 2.90. The Kier molecular flexibility index (Phi) is 5.26. The van der Waals surface area contributed by atoms with Crippen LogP contribution in [-0.2, 0) is 0 Å². The highest BCUT2D eigenvalue weighted by molar-refractivity contribution is 6.35. The fourth-order valence-corrected chi connectivity index (χ4v) is 3.36. The Morgan fingerprint density at radius 3 is 2.71 bits per heavy atom. The van der Waals surface area contributed by atoms with E-state index in [9.17, 15) is 4.79 Å². The van der Waals surface area contributed by atoms with Gasteiger partial charge in [0.25, 0.3) is 0 Å². The number of rotatable bonds is 3. The van der Waals surface area contributed by atoms with E-state index in [1.807, 2.05) is 6.92 Å². The lowest BCUT2D eigenvalue weighted by atomic mass is 9.96. The molecule has 1 aliphatic carbocycles. The first-order valence-electron chi connectivity index (χ1n) is 7.98. The molecule has 0 unspecified atom stereocenters. The maximum atomic E-state index is 12.3. The molecule has 6 nitrogen and oxygen atoms in total. The lowest BCUT2D eigenvalue weighted by molar-refractivity contribution is 0.244. The summed E-state index contributed by atoms with van der Waals surface area (Å²) >= 11 is 12.1. The third-order valence-corrected chi connectivity index (χ3v) is 4.49. The summed E-state index contributed by atoms with van der Waals surface area (Å²) in [5.74, 6) is 0.930. The van der Waals surface area contributed by atoms with Gasteiger partial charge < -0.3 is 5.32 Å². The second kappa shape index (κ2) is 7.40. The summed E-state index contributed by atoms with van der Waals surface area (Å²) in [5, 5.41) is 11.0. The predicted octanol–water partition coefficient (Wildman–Crippen LogP) is 4.34. The number of nitrogens with zero attached hydrogens (tertiary/aromatic N) is 3. The lowest BCUT2D eigenvalue weighted by Crippen LogP contribution is -2.39. The minimum absolute atomic E-state index is 0.230. The lowest BCUT2D eigenvalue weighted by Gasteiger charge is -2.22. The average Bonchev–Trinajstić information content (AvgIpc) is 2.88. The van der Waals surface area contributed by atoms with Crippen LogP contribution in [-0.4, -0.2) is 26.8 Å². The Hall–Kier alpha value is -1.79. The Morgan fingerprint density at radius 2 is 2.00 bits per heavy atom. The maximum absolute atomic E-state index is 12.3. The molecule has 2 aromatic rings. The maximum Gasteiger partial charge on any atom is 0.320 e. The highest BCUT2D eigenvalue weighted by Crippen LogP contribution is 2.25. The van der Waals surface area contributed by atoms with Crippen LogP contribution in [0.3, 0.4) is 0 Å². The molecule has 3 rings (SSSR count). The second-order valence-electron chi connectivity index (χ2n) is 5.98. The van der Waals surface area contributed by atoms with Crippen molar-refractivity contribution in [1.82, 2.24) is 20.1 Å². The molecule has 0 spiro atoms. The van der Waals surface area contributed by atoms with E-state index in [0.717, 1.165) is 31.4 Å². The van der Waals surface area contributed by atoms with Gasteiger partial charge in [0.05, 0.1) is 15.7 Å². The number of halogens is 2. The first kappa shape index (κ1) is 17.0. The monoisotopic (exact) mass is 367 g/mol. The number of amides is 2. The Labute approximate surface area is 150 Å². The van der Waals surface area contributed by atoms with Crippen LogP contribution in [0.4, 0.5) is 10.6 Å². The quantitative estimate of drug-likeness (QED) is 0.847. The Morgan fingerprint density at radius 1 is 1.25 bits per heavy atom. The molecule has 2 aromatic heterocycles. The Bertz CT molecular complexity index is 740. The number of carbonyl (C=O) groups is 1. The standard InChI is InChI=1S/C16H19Cl2N5O/c1-10-7-14(21-16(24)20-12-5-3-2-4-6-12)23(22-10)15-13(18)8-11(17)9-19-15/h7-9,12H,2-6H2,1H3,(H2,20,21,24). The van der Waals surface area contributed by atoms with E-state index in [2.05, 4.69) is 20.7 Å². The first-order valence-corrected chi connectivity index (χ1v) is 8.74. The van der Waals surface area contributed by atoms with E-state index < -0.39 is 0 Å². The molecule has 0 aromatic carbocycles. The molecule has 128 valence electrons. The van der Waals surface area contributed by atoms with Crippen LogP contribution in [0, 0.1) is 6.92 Å². The van der Waals surface area contributed by atoms with Crippen molar-refractivity contribution in [3.05, 3.63) is 34.1 Å². The molecule has 1 aliphatic rings. The Balaban J connectivity index is 1.77. The van der Waals surface area contributed by atoms with Crippen molar-refractivity contribution in [2.75, 3.05) is 5.32 Å². The number of aromatic nitrogens is 3. The van der Waals surface area contributed by atoms with E-state index in [1.54, 1.807) is 12.1 Å². The number of carbonyl (C=O) groups excluding carboxylic acids is 1. The normalized spacial score (nSPS) is 15.3. The van der Waals surface area contributed by atoms with Crippen LogP contribution < -0.4 is 10.6 Å². The van der Waals surface area contributed by atoms with E-state index in [0.29, 0.717) is 21.7 Å². The van der Waals surface area contributed by atoms with Gasteiger partial charge >= 0.3 is 6.03 Å². The van der Waals surface area contributed by atoms with E-state index in [4.69, 9.17) is 23.2 Å². The van der Waals surface area contributed by atoms with Crippen molar-refractivity contribution in [2.24, 2.45) is 0 Å². The van der Waals surface area contributed by atoms with Crippen molar-refractivity contribution in [3.63, 3.8) is 0 Å². The highest BCUT2D eigenvalue weighted by Gasteiger charge is 2.18. The molecule has 0 bridgehead atoms. The second-order valence-corrected chi connectivity index (χ2v) is 6.82. The molecular weight excluding hydrogens is 349 g/mol. The average molecular weight is 368 g/mol. The van der Waals surface area contributed by atoms with Gasteiger partial charge in [-0.25, -0.2) is 9.78 Å². The molecule has 24 heavy (non-hydrogen) atoms. The summed E-state index contributed by atoms with van der Waals surface area (Å²) < 4.78 is 1.51. The van der Waals surface area contributed by atoms with Gasteiger partial charge in [0, 0.05) is 18.3 Å². The molecular formula is C16H19Cl2N5O. The van der Waals surface area contributed by atoms with Gasteiger partial charge in [0.15, 0.2) is 5.82 Å². The number of hydrogen-bond donors (Lipinski definition) is 2. The minimum atomic E-state index is -0.242. The van der Waals surface area contributed by atoms with Crippen LogP contribution in [0.25, 0.3) is 5.82 Å². The van der Waals surface area contributed by atoms with E-state index >= 15 is 0 Å². The van der Waals surface area contributed by atoms with Crippen molar-refractivity contribution < 1.29 is 4.79 Å². The summed E-state index contributed by atoms with van der Waals surface area (Å²) in [7, 11) is 0. The van der Waals surface area contributed by atoms with Crippen molar-refractivity contribution in [1.29, 1.82) is 0 Å². The predicted molar refractivity (Wildman–Crippen MR) is 95.1 cm³/mol. The smallest absolute Gasteiger partial charge is 0.320 e. The van der Waals surface area contributed by atoms with E-state index in [-0.39, 0.29) is 12.1 Å². The van der Waals surface area contributed by atoms with Crippen LogP contribution in [0.2, 0.25) is 10.0 Å². The van der Waals surface area contributed by atoms with Crippen molar-refractivity contribution in [2.45, 2.75) is 45.1 Å². The first-order chi connectivity index (χ1) is 11.5. The van der Waals surface area contributed by atoms with Crippen LogP contribution in [0.15, 0.2) is 18.3 Å². The van der Waals surface area contributed by atoms with Crippen LogP contribution >= 0.6 is 23.2 Å². The zero-order chi connectivity index (χ0) is 17.1. The van der Waals surface area contributed by atoms with E-state index in [1.165, 1.54) is 17.3 Å². The fraction of sp³-hybridized carbons (Fsp3) is 0.438. The van der Waals surface area contributed by atoms with Gasteiger partial charge in [-0.1, -0.05) is 42.5 Å². The summed E-state index contributed by atoms with van der Waals surface area (Å²) in [6.45, 7) is 1.84. The molecule has 0 atom stereocenters. The molecule has 1 saturated carbocycles. The van der Waals surface area contributed by atoms with Crippen LogP contribution in [0.1, 0.15) is 37.8 Å². The third kappa shape index (κ3) is 3.99. The third-order valence-electron chi connectivity index (χ3n) is 4.00. The van der Waals surface area contributed by atoms with Gasteiger partial charge in [-0.05, 0) is 25.8 Å². The molecule has 0 aliphatic heterocycles. The SMILES string of the molecule is Cc1cc(NC(=O)NC2CCCCC2)n(-c2ncc(Cl)cc2Cl)n1. The summed E-state index contributed by atoms with van der Waals surface area (Å²) in [5.41, 5.74) is 0.746. The highest BCUT2D eigenvalue weighted by atomic mass is 35.5. The number of anilines is 1. The van der Waals surface area contributed by atoms with Crippen molar-refractivity contribution >= 4 is 35.1 Å². The number of nitrogens with one attached hydrogen (secondary N) is 2. The number of hydrogen-bond acceptors (Lipinski definition) is 3. The van der Waals surface area contributed by atoms with Gasteiger partial charge in [0.2, 0.25) is 0 Å². The summed E-state index contributed by atoms with van der Waals surface area (Å²) in [6.07, 6.45) is 7.10. The molecule has 8 heteroatoms. The minimum Gasteiger partial charge on any atom is -0.335 e. The zero-order valence-corrected chi connectivity index (χ0v) is 14.9. The van der Waals surface area contributed by atoms with Gasteiger partial charge in [-0.2, -0.15) is 9.78 Å². The molecule has 0 radical (unpaired) electrons. The molecule has 0 saturated heterocycles.